The first-order valence-electron chi connectivity index (χ1n) is 5.66. The summed E-state index contributed by atoms with van der Waals surface area (Å²) in [5.41, 5.74) is 0. The predicted octanol–water partition coefficient (Wildman–Crippen LogP) is 2.96. The molecule has 0 aromatic carbocycles. The summed E-state index contributed by atoms with van der Waals surface area (Å²) in [5.74, 6) is 3.27. The summed E-state index contributed by atoms with van der Waals surface area (Å²) < 4.78 is 5.34. The van der Waals surface area contributed by atoms with E-state index in [2.05, 4.69) is 13.8 Å². The summed E-state index contributed by atoms with van der Waals surface area (Å²) in [5, 5.41) is 0.404. The molecule has 1 saturated heterocycles. The molecule has 0 aliphatic carbocycles. The van der Waals surface area contributed by atoms with Crippen molar-refractivity contribution in [1.29, 1.82) is 0 Å². The normalized spacial score (nSPS) is 25.6. The van der Waals surface area contributed by atoms with Gasteiger partial charge in [0.25, 0.3) is 0 Å². The van der Waals surface area contributed by atoms with E-state index >= 15 is 0 Å². The van der Waals surface area contributed by atoms with E-state index in [4.69, 9.17) is 4.74 Å². The second-order valence-corrected chi connectivity index (χ2v) is 6.21. The second-order valence-electron chi connectivity index (χ2n) is 3.72. The molecule has 1 fully saturated rings. The Kier molecular flexibility index (Phi) is 6.57. The molecule has 1 aliphatic heterocycles. The highest BCUT2D eigenvalue weighted by Gasteiger charge is 2.34. The van der Waals surface area contributed by atoms with Gasteiger partial charge >= 0.3 is 5.97 Å². The highest BCUT2D eigenvalue weighted by molar-refractivity contribution is 8.00. The van der Waals surface area contributed by atoms with Crippen LogP contribution in [-0.2, 0) is 9.53 Å². The van der Waals surface area contributed by atoms with E-state index in [0.29, 0.717) is 11.7 Å². The van der Waals surface area contributed by atoms with E-state index in [1.54, 1.807) is 0 Å². The van der Waals surface area contributed by atoms with Crippen molar-refractivity contribution in [1.82, 2.24) is 0 Å². The van der Waals surface area contributed by atoms with Crippen molar-refractivity contribution >= 4 is 29.5 Å². The molecule has 1 aliphatic rings. The molecule has 15 heavy (non-hydrogen) atoms. The van der Waals surface area contributed by atoms with Crippen molar-refractivity contribution in [2.45, 2.75) is 44.5 Å². The standard InChI is InChI=1S/C11H20O2S2/c1-3-5-14-8-9-10(15-6-4-2)7-11(12)13-9/h9-10H,3-8H2,1-2H3. The van der Waals surface area contributed by atoms with Gasteiger partial charge in [0.15, 0.2) is 0 Å². The minimum Gasteiger partial charge on any atom is -0.460 e. The van der Waals surface area contributed by atoms with Gasteiger partial charge in [-0.05, 0) is 24.3 Å². The van der Waals surface area contributed by atoms with Gasteiger partial charge in [0.1, 0.15) is 6.10 Å². The predicted molar refractivity (Wildman–Crippen MR) is 68.7 cm³/mol. The van der Waals surface area contributed by atoms with Crippen molar-refractivity contribution < 1.29 is 9.53 Å². The van der Waals surface area contributed by atoms with Crippen molar-refractivity contribution in [2.75, 3.05) is 17.3 Å². The average molecular weight is 248 g/mol. The summed E-state index contributed by atoms with van der Waals surface area (Å²) >= 11 is 3.79. The Morgan fingerprint density at radius 2 is 2.07 bits per heavy atom. The third kappa shape index (κ3) is 4.68. The molecular formula is C11H20O2S2. The quantitative estimate of drug-likeness (QED) is 0.511. The number of esters is 1. The lowest BCUT2D eigenvalue weighted by Crippen LogP contribution is -2.21. The molecule has 0 amide bonds. The van der Waals surface area contributed by atoms with Crippen molar-refractivity contribution in [3.63, 3.8) is 0 Å². The van der Waals surface area contributed by atoms with Crippen molar-refractivity contribution in [3.05, 3.63) is 0 Å². The van der Waals surface area contributed by atoms with Crippen LogP contribution in [0.4, 0.5) is 0 Å². The molecule has 2 atom stereocenters. The Morgan fingerprint density at radius 1 is 1.33 bits per heavy atom. The largest absolute Gasteiger partial charge is 0.460 e. The number of ether oxygens (including phenoxy) is 1. The summed E-state index contributed by atoms with van der Waals surface area (Å²) in [4.78, 5) is 11.2. The third-order valence-corrected chi connectivity index (χ3v) is 5.04. The monoisotopic (exact) mass is 248 g/mol. The molecule has 0 N–H and O–H groups in total. The number of thioether (sulfide) groups is 2. The van der Waals surface area contributed by atoms with Crippen LogP contribution in [0, 0.1) is 0 Å². The van der Waals surface area contributed by atoms with E-state index in [1.807, 2.05) is 23.5 Å². The zero-order chi connectivity index (χ0) is 11.1. The van der Waals surface area contributed by atoms with Crippen LogP contribution in [0.2, 0.25) is 0 Å². The molecule has 0 radical (unpaired) electrons. The van der Waals surface area contributed by atoms with Crippen LogP contribution in [0.3, 0.4) is 0 Å². The molecule has 88 valence electrons. The minimum absolute atomic E-state index is 0.00861. The van der Waals surface area contributed by atoms with Crippen LogP contribution in [0.5, 0.6) is 0 Å². The molecule has 4 heteroatoms. The number of hydrogen-bond acceptors (Lipinski definition) is 4. The fourth-order valence-corrected chi connectivity index (χ4v) is 3.78. The van der Waals surface area contributed by atoms with Gasteiger partial charge in [0, 0.05) is 5.75 Å². The summed E-state index contributed by atoms with van der Waals surface area (Å²) in [6.45, 7) is 4.35. The zero-order valence-corrected chi connectivity index (χ0v) is 11.2. The number of cyclic esters (lactones) is 1. The summed E-state index contributed by atoms with van der Waals surface area (Å²) in [6.07, 6.45) is 3.13. The maximum Gasteiger partial charge on any atom is 0.307 e. The van der Waals surface area contributed by atoms with Crippen molar-refractivity contribution in [2.24, 2.45) is 0 Å². The maximum absolute atomic E-state index is 11.2. The number of carbonyl (C=O) groups is 1. The van der Waals surface area contributed by atoms with Gasteiger partial charge in [0.2, 0.25) is 0 Å². The van der Waals surface area contributed by atoms with Crippen molar-refractivity contribution in [3.8, 4) is 0 Å². The lowest BCUT2D eigenvalue weighted by atomic mass is 10.2. The molecular weight excluding hydrogens is 228 g/mol. The Balaban J connectivity index is 2.28. The fourth-order valence-electron chi connectivity index (χ4n) is 1.51. The van der Waals surface area contributed by atoms with Crippen LogP contribution < -0.4 is 0 Å². The van der Waals surface area contributed by atoms with Crippen LogP contribution in [0.15, 0.2) is 0 Å². The lowest BCUT2D eigenvalue weighted by molar-refractivity contribution is -0.140. The number of rotatable bonds is 7. The van der Waals surface area contributed by atoms with Gasteiger partial charge in [0.05, 0.1) is 11.7 Å². The van der Waals surface area contributed by atoms with Gasteiger partial charge in [-0.3, -0.25) is 4.79 Å². The minimum atomic E-state index is -0.00861. The fraction of sp³-hybridized carbons (Fsp3) is 0.909. The molecule has 2 unspecified atom stereocenters. The number of carbonyl (C=O) groups excluding carboxylic acids is 1. The van der Waals surface area contributed by atoms with Gasteiger partial charge in [-0.15, -0.1) is 0 Å². The van der Waals surface area contributed by atoms with Gasteiger partial charge in [-0.2, -0.15) is 23.5 Å². The molecule has 0 bridgehead atoms. The van der Waals surface area contributed by atoms with Crippen LogP contribution in [-0.4, -0.2) is 34.6 Å². The molecule has 1 rings (SSSR count). The smallest absolute Gasteiger partial charge is 0.307 e. The Hall–Kier alpha value is 0.170. The SMILES string of the molecule is CCCSCC1OC(=O)CC1SCCC. The molecule has 0 saturated carbocycles. The highest BCUT2D eigenvalue weighted by Crippen LogP contribution is 2.30. The molecule has 0 spiro atoms. The van der Waals surface area contributed by atoms with Gasteiger partial charge in [-0.1, -0.05) is 13.8 Å². The topological polar surface area (TPSA) is 26.3 Å². The maximum atomic E-state index is 11.2. The molecule has 2 nitrogen and oxygen atoms in total. The first-order chi connectivity index (χ1) is 7.27. The Labute approximate surface area is 101 Å². The van der Waals surface area contributed by atoms with E-state index in [-0.39, 0.29) is 12.1 Å². The molecule has 0 aromatic rings. The zero-order valence-electron chi connectivity index (χ0n) is 9.53. The van der Waals surface area contributed by atoms with E-state index in [0.717, 1.165) is 11.5 Å². The Bertz CT molecular complexity index is 197. The Morgan fingerprint density at radius 3 is 2.73 bits per heavy atom. The molecule has 1 heterocycles. The summed E-state index contributed by atoms with van der Waals surface area (Å²) in [7, 11) is 0. The van der Waals surface area contributed by atoms with E-state index in [1.165, 1.54) is 18.6 Å². The summed E-state index contributed by atoms with van der Waals surface area (Å²) in [6, 6.07) is 0. The first kappa shape index (κ1) is 13.2. The average Bonchev–Trinajstić information content (AvgIpc) is 2.56. The van der Waals surface area contributed by atoms with Crippen LogP contribution in [0.1, 0.15) is 33.1 Å². The van der Waals surface area contributed by atoms with Crippen LogP contribution in [0.25, 0.3) is 0 Å². The number of hydrogen-bond donors (Lipinski definition) is 0. The van der Waals surface area contributed by atoms with Gasteiger partial charge < -0.3 is 4.74 Å². The van der Waals surface area contributed by atoms with E-state index < -0.39 is 0 Å². The molecule has 0 aromatic heterocycles. The van der Waals surface area contributed by atoms with E-state index in [9.17, 15) is 4.79 Å². The second kappa shape index (κ2) is 7.44. The van der Waals surface area contributed by atoms with Gasteiger partial charge in [-0.25, -0.2) is 0 Å². The highest BCUT2D eigenvalue weighted by atomic mass is 32.2. The third-order valence-electron chi connectivity index (χ3n) is 2.23. The first-order valence-corrected chi connectivity index (χ1v) is 7.87. The lowest BCUT2D eigenvalue weighted by Gasteiger charge is -2.16. The van der Waals surface area contributed by atoms with Crippen LogP contribution >= 0.6 is 23.5 Å².